The molecule has 7 rings (SSSR count). The molecule has 23 heteroatoms. The van der Waals surface area contributed by atoms with Gasteiger partial charge in [-0.2, -0.15) is 15.0 Å². The molecule has 0 saturated carbocycles. The fourth-order valence-electron chi connectivity index (χ4n) is 6.71. The summed E-state index contributed by atoms with van der Waals surface area (Å²) >= 11 is 17.6. The molecule has 0 bridgehead atoms. The summed E-state index contributed by atoms with van der Waals surface area (Å²) in [7, 11) is -1.12. The molecular formula is C45H59Cl3N12O7Si. The van der Waals surface area contributed by atoms with Gasteiger partial charge in [-0.3, -0.25) is 4.79 Å². The van der Waals surface area contributed by atoms with Crippen molar-refractivity contribution in [1.29, 1.82) is 0 Å². The van der Waals surface area contributed by atoms with Crippen LogP contribution in [0.2, 0.25) is 41.5 Å². The highest BCUT2D eigenvalue weighted by Crippen LogP contribution is 2.23. The first kappa shape index (κ1) is 53.1. The summed E-state index contributed by atoms with van der Waals surface area (Å²) in [4.78, 5) is 70.4. The summed E-state index contributed by atoms with van der Waals surface area (Å²) in [6, 6.07) is 6.85. The van der Waals surface area contributed by atoms with Crippen LogP contribution in [0.25, 0.3) is 39.2 Å². The van der Waals surface area contributed by atoms with Gasteiger partial charge in [-0.1, -0.05) is 19.6 Å². The maximum absolute atomic E-state index is 11.9. The zero-order valence-electron chi connectivity index (χ0n) is 39.8. The van der Waals surface area contributed by atoms with E-state index in [0.29, 0.717) is 57.0 Å². The average Bonchev–Trinajstić information content (AvgIpc) is 3.81. The smallest absolute Gasteiger partial charge is 0.407 e. The molecule has 0 atom stereocenters. The number of hydrogen-bond acceptors (Lipinski definition) is 13. The van der Waals surface area contributed by atoms with Crippen molar-refractivity contribution in [1.82, 2.24) is 59.6 Å². The molecule has 0 saturated heterocycles. The maximum atomic E-state index is 11.9. The minimum atomic E-state index is -1.12. The number of alkyl carbamates (subject to hydrolysis) is 2. The number of hydrogen-bond donors (Lipinski definition) is 3. The number of halogens is 3. The monoisotopic (exact) mass is 1010 g/mol. The Morgan fingerprint density at radius 1 is 0.779 bits per heavy atom. The molecule has 3 N–H and O–H groups in total. The first-order valence-corrected chi connectivity index (χ1v) is 26.8. The minimum Gasteiger partial charge on any atom is -0.501 e. The molecule has 0 unspecified atom stereocenters. The molecule has 0 spiro atoms. The van der Waals surface area contributed by atoms with Crippen LogP contribution in [0.3, 0.4) is 0 Å². The van der Waals surface area contributed by atoms with Crippen LogP contribution < -0.4 is 16.0 Å². The molecule has 19 nitrogen and oxygen atoms in total. The van der Waals surface area contributed by atoms with E-state index in [0.717, 1.165) is 57.8 Å². The van der Waals surface area contributed by atoms with E-state index < -0.39 is 31.5 Å². The second-order valence-corrected chi connectivity index (χ2v) is 25.4. The molecule has 1 aliphatic heterocycles. The predicted octanol–water partition coefficient (Wildman–Crippen LogP) is 8.04. The first-order chi connectivity index (χ1) is 32.0. The van der Waals surface area contributed by atoms with E-state index in [1.165, 1.54) is 0 Å². The Balaban J connectivity index is 0.000000198. The molecule has 68 heavy (non-hydrogen) atoms. The molecule has 0 radical (unpaired) electrons. The van der Waals surface area contributed by atoms with Gasteiger partial charge in [0.2, 0.25) is 21.8 Å². The van der Waals surface area contributed by atoms with Crippen LogP contribution in [0.15, 0.2) is 43.1 Å². The number of fused-ring (bicyclic) bond motifs is 5. The zero-order chi connectivity index (χ0) is 49.8. The summed E-state index contributed by atoms with van der Waals surface area (Å²) in [6.45, 7) is 21.6. The molecule has 0 fully saturated rings. The highest BCUT2D eigenvalue weighted by atomic mass is 35.5. The van der Waals surface area contributed by atoms with Crippen molar-refractivity contribution in [2.24, 2.45) is 0 Å². The van der Waals surface area contributed by atoms with Gasteiger partial charge in [0, 0.05) is 106 Å². The maximum Gasteiger partial charge on any atom is 0.407 e. The number of nitrogens with one attached hydrogen (secondary N) is 3. The second kappa shape index (κ2) is 23.5. The topological polar surface area (TPSA) is 224 Å². The van der Waals surface area contributed by atoms with Crippen molar-refractivity contribution in [2.75, 3.05) is 26.2 Å². The van der Waals surface area contributed by atoms with Gasteiger partial charge in [-0.05, 0) is 107 Å². The van der Waals surface area contributed by atoms with Crippen molar-refractivity contribution in [3.05, 3.63) is 76.0 Å². The summed E-state index contributed by atoms with van der Waals surface area (Å²) in [6.07, 6.45) is 9.10. The van der Waals surface area contributed by atoms with Crippen LogP contribution in [-0.2, 0) is 56.3 Å². The van der Waals surface area contributed by atoms with E-state index in [4.69, 9.17) is 49.0 Å². The van der Waals surface area contributed by atoms with Gasteiger partial charge in [0.05, 0.1) is 19.3 Å². The third-order valence-electron chi connectivity index (χ3n) is 9.62. The van der Waals surface area contributed by atoms with Crippen molar-refractivity contribution in [3.63, 3.8) is 0 Å². The molecular weight excluding hydrogens is 955 g/mol. The quantitative estimate of drug-likeness (QED) is 0.0328. The molecule has 3 amide bonds. The van der Waals surface area contributed by atoms with Crippen LogP contribution in [0.1, 0.15) is 58.6 Å². The summed E-state index contributed by atoms with van der Waals surface area (Å²) in [5.74, 6) is 0.0422. The second-order valence-electron chi connectivity index (χ2n) is 18.8. The number of aromatic nitrogens is 9. The highest BCUT2D eigenvalue weighted by molar-refractivity contribution is 6.76. The summed E-state index contributed by atoms with van der Waals surface area (Å²) in [5.41, 5.74) is 3.70. The van der Waals surface area contributed by atoms with Crippen LogP contribution >= 0.6 is 34.8 Å². The van der Waals surface area contributed by atoms with Gasteiger partial charge in [-0.25, -0.2) is 24.5 Å². The SMILES string of the molecule is CC(C)(C)OC(=O)NCCn1c(C=COCC[Si](C)(C)C)cc2cnc(Cl)nc21.CC(C)(C)OC(=O)NCCn1c(CC=O)cc2cnc(Cl)nc21.O=C1Cc2cc3cnc(Cl)nc3n2CCN1. The van der Waals surface area contributed by atoms with E-state index in [2.05, 4.69) is 65.5 Å². The minimum absolute atomic E-state index is 0.0422. The Morgan fingerprint density at radius 2 is 1.29 bits per heavy atom. The highest BCUT2D eigenvalue weighted by Gasteiger charge is 2.20. The molecule has 0 aromatic carbocycles. The predicted molar refractivity (Wildman–Crippen MR) is 266 cm³/mol. The number of ether oxygens (including phenoxy) is 3. The lowest BCUT2D eigenvalue weighted by atomic mass is 10.2. The zero-order valence-corrected chi connectivity index (χ0v) is 43.1. The fourth-order valence-corrected chi connectivity index (χ4v) is 7.83. The molecule has 6 aromatic rings. The van der Waals surface area contributed by atoms with Gasteiger partial charge in [0.25, 0.3) is 0 Å². The van der Waals surface area contributed by atoms with E-state index in [1.54, 1.807) is 45.6 Å². The lowest BCUT2D eigenvalue weighted by Gasteiger charge is -2.20. The van der Waals surface area contributed by atoms with Gasteiger partial charge < -0.3 is 48.7 Å². The van der Waals surface area contributed by atoms with E-state index in [9.17, 15) is 19.2 Å². The number of amides is 3. The Kier molecular flexibility index (Phi) is 18.3. The fraction of sp³-hybridized carbons (Fsp3) is 0.467. The Hall–Kier alpha value is -5.83. The van der Waals surface area contributed by atoms with Gasteiger partial charge in [0.1, 0.15) is 34.4 Å². The largest absolute Gasteiger partial charge is 0.501 e. The lowest BCUT2D eigenvalue weighted by Crippen LogP contribution is -2.34. The van der Waals surface area contributed by atoms with Crippen LogP contribution in [0.4, 0.5) is 9.59 Å². The molecule has 366 valence electrons. The van der Waals surface area contributed by atoms with E-state index in [1.807, 2.05) is 58.7 Å². The molecule has 0 aliphatic carbocycles. The van der Waals surface area contributed by atoms with Gasteiger partial charge in [0.15, 0.2) is 0 Å². The number of carbonyl (C=O) groups excluding carboxylic acids is 4. The lowest BCUT2D eigenvalue weighted by molar-refractivity contribution is -0.120. The number of nitrogens with zero attached hydrogens (tertiary/aromatic N) is 9. The van der Waals surface area contributed by atoms with Crippen LogP contribution in [0.5, 0.6) is 0 Å². The van der Waals surface area contributed by atoms with Crippen molar-refractivity contribution in [3.8, 4) is 0 Å². The number of aldehydes is 1. The third kappa shape index (κ3) is 16.4. The van der Waals surface area contributed by atoms with E-state index in [-0.39, 0.29) is 28.2 Å². The summed E-state index contributed by atoms with van der Waals surface area (Å²) < 4.78 is 22.0. The van der Waals surface area contributed by atoms with Crippen LogP contribution in [0, 0.1) is 0 Å². The Bertz CT molecular complexity index is 2750. The van der Waals surface area contributed by atoms with Crippen molar-refractivity contribution >= 4 is 106 Å². The number of carbonyl (C=O) groups is 4. The summed E-state index contributed by atoms with van der Waals surface area (Å²) in [5, 5.41) is 11.4. The van der Waals surface area contributed by atoms with Gasteiger partial charge >= 0.3 is 12.2 Å². The molecule has 6 aromatic heterocycles. The van der Waals surface area contributed by atoms with Gasteiger partial charge in [-0.15, -0.1) is 0 Å². The molecule has 7 heterocycles. The van der Waals surface area contributed by atoms with Crippen molar-refractivity contribution in [2.45, 2.75) is 111 Å². The number of rotatable bonds is 13. The standard InChI is InChI=1S/C20H31ClN4O3Si.C15H19ClN4O3.C10H9ClN4O/c1-20(2,3)28-19(26)22-8-9-25-16(7-10-27-11-12-29(4,5)6)13-15-14-23-18(21)24-17(15)25;1-15(2,3)23-14(22)17-5-6-20-11(4-7-21)8-10-9-18-13(16)19-12(10)20;11-10-13-5-6-3-7-4-8(16)12-1-2-15(7)9(6)14-10/h7,10,13-14H,8-9,11-12H2,1-6H3,(H,22,26);7-9H,4-6H2,1-3H3,(H,17,22);3,5H,1-2,4H2,(H,12,16). The molecule has 1 aliphatic rings. The van der Waals surface area contributed by atoms with Crippen molar-refractivity contribution < 1.29 is 33.4 Å². The first-order valence-electron chi connectivity index (χ1n) is 21.9. The third-order valence-corrected chi connectivity index (χ3v) is 11.9. The van der Waals surface area contributed by atoms with Crippen LogP contribution in [-0.4, -0.2) is 114 Å². The Labute approximate surface area is 410 Å². The normalized spacial score (nSPS) is 12.9. The Morgan fingerprint density at radius 3 is 1.84 bits per heavy atom. The van der Waals surface area contributed by atoms with E-state index >= 15 is 0 Å². The average molecular weight is 1010 g/mol.